The molecule has 1 aliphatic heterocycles. The lowest BCUT2D eigenvalue weighted by molar-refractivity contribution is -0.122. The van der Waals surface area contributed by atoms with Gasteiger partial charge >= 0.3 is 0 Å². The van der Waals surface area contributed by atoms with Crippen LogP contribution in [0, 0.1) is 0 Å². The highest BCUT2D eigenvalue weighted by molar-refractivity contribution is 5.86. The molecule has 0 radical (unpaired) electrons. The lowest BCUT2D eigenvalue weighted by Gasteiger charge is -2.25. The molecule has 114 valence electrons. The molecule has 0 aromatic heterocycles. The van der Waals surface area contributed by atoms with Crippen LogP contribution in [0.5, 0.6) is 0 Å². The summed E-state index contributed by atoms with van der Waals surface area (Å²) < 4.78 is 0. The summed E-state index contributed by atoms with van der Waals surface area (Å²) in [7, 11) is 0. The van der Waals surface area contributed by atoms with Crippen molar-refractivity contribution in [2.75, 3.05) is 13.1 Å². The summed E-state index contributed by atoms with van der Waals surface area (Å²) in [5, 5.41) is 5.72. The highest BCUT2D eigenvalue weighted by Gasteiger charge is 2.30. The van der Waals surface area contributed by atoms with E-state index in [0.717, 1.165) is 25.8 Å². The third-order valence-electron chi connectivity index (χ3n) is 4.84. The monoisotopic (exact) mass is 294 g/mol. The molecule has 2 aromatic rings. The van der Waals surface area contributed by atoms with Gasteiger partial charge < -0.3 is 5.32 Å². The number of carbonyl (C=O) groups is 1. The van der Waals surface area contributed by atoms with Gasteiger partial charge in [0.05, 0.1) is 6.54 Å². The zero-order valence-corrected chi connectivity index (χ0v) is 12.8. The van der Waals surface area contributed by atoms with Crippen LogP contribution in [0.4, 0.5) is 0 Å². The van der Waals surface area contributed by atoms with Gasteiger partial charge in [0.2, 0.25) is 5.91 Å². The van der Waals surface area contributed by atoms with E-state index in [0.29, 0.717) is 18.6 Å². The molecule has 3 heteroatoms. The van der Waals surface area contributed by atoms with E-state index >= 15 is 0 Å². The van der Waals surface area contributed by atoms with Gasteiger partial charge in [0.1, 0.15) is 0 Å². The average Bonchev–Trinajstić information content (AvgIpc) is 3.23. The normalized spacial score (nSPS) is 22.1. The van der Waals surface area contributed by atoms with Crippen molar-refractivity contribution in [3.05, 3.63) is 48.0 Å². The van der Waals surface area contributed by atoms with Crippen LogP contribution in [-0.2, 0) is 4.79 Å². The minimum absolute atomic E-state index is 0.189. The van der Waals surface area contributed by atoms with Crippen LogP contribution in [0.15, 0.2) is 42.5 Å². The Morgan fingerprint density at radius 3 is 2.77 bits per heavy atom. The van der Waals surface area contributed by atoms with Crippen molar-refractivity contribution < 1.29 is 4.79 Å². The SMILES string of the molecule is O=C(CN1CCCC1c1cccc2ccccc12)NC1CC1. The number of nitrogens with one attached hydrogen (secondary N) is 1. The van der Waals surface area contributed by atoms with E-state index in [-0.39, 0.29) is 5.91 Å². The number of amides is 1. The fourth-order valence-electron chi connectivity index (χ4n) is 3.59. The maximum atomic E-state index is 12.1. The minimum atomic E-state index is 0.189. The molecule has 1 saturated carbocycles. The molecular formula is C19H22N2O. The third-order valence-corrected chi connectivity index (χ3v) is 4.84. The fraction of sp³-hybridized carbons (Fsp3) is 0.421. The van der Waals surface area contributed by atoms with Crippen LogP contribution < -0.4 is 5.32 Å². The van der Waals surface area contributed by atoms with Gasteiger partial charge in [-0.2, -0.15) is 0 Å². The van der Waals surface area contributed by atoms with E-state index in [2.05, 4.69) is 52.7 Å². The number of rotatable bonds is 4. The van der Waals surface area contributed by atoms with E-state index in [9.17, 15) is 4.79 Å². The standard InChI is InChI=1S/C19H22N2O/c22-19(20-15-10-11-15)13-21-12-4-9-18(21)17-8-3-6-14-5-1-2-7-16(14)17/h1-3,5-8,15,18H,4,9-13H2,(H,20,22). The average molecular weight is 294 g/mol. The summed E-state index contributed by atoms with van der Waals surface area (Å²) in [4.78, 5) is 14.5. The van der Waals surface area contributed by atoms with Gasteiger partial charge in [-0.05, 0) is 48.6 Å². The van der Waals surface area contributed by atoms with Crippen LogP contribution in [0.2, 0.25) is 0 Å². The Hall–Kier alpha value is -1.87. The molecule has 1 heterocycles. The molecule has 1 aliphatic carbocycles. The Labute approximate surface area is 131 Å². The molecule has 1 atom stereocenters. The number of benzene rings is 2. The summed E-state index contributed by atoms with van der Waals surface area (Å²) in [6, 6.07) is 15.9. The number of hydrogen-bond donors (Lipinski definition) is 1. The molecule has 1 N–H and O–H groups in total. The largest absolute Gasteiger partial charge is 0.352 e. The molecule has 2 fully saturated rings. The lowest BCUT2D eigenvalue weighted by atomic mass is 9.97. The predicted molar refractivity (Wildman–Crippen MR) is 88.7 cm³/mol. The highest BCUT2D eigenvalue weighted by Crippen LogP contribution is 2.35. The summed E-state index contributed by atoms with van der Waals surface area (Å²) >= 11 is 0. The van der Waals surface area contributed by atoms with Crippen molar-refractivity contribution in [3.63, 3.8) is 0 Å². The van der Waals surface area contributed by atoms with E-state index in [1.54, 1.807) is 0 Å². The molecule has 3 nitrogen and oxygen atoms in total. The first-order valence-electron chi connectivity index (χ1n) is 8.32. The Morgan fingerprint density at radius 2 is 1.91 bits per heavy atom. The number of fused-ring (bicyclic) bond motifs is 1. The molecule has 2 aliphatic rings. The first-order chi connectivity index (χ1) is 10.8. The van der Waals surface area contributed by atoms with Crippen molar-refractivity contribution >= 4 is 16.7 Å². The molecular weight excluding hydrogens is 272 g/mol. The zero-order valence-electron chi connectivity index (χ0n) is 12.8. The smallest absolute Gasteiger partial charge is 0.234 e. The van der Waals surface area contributed by atoms with Crippen LogP contribution in [0.1, 0.15) is 37.3 Å². The number of nitrogens with zero attached hydrogens (tertiary/aromatic N) is 1. The van der Waals surface area contributed by atoms with Crippen LogP contribution in [0.3, 0.4) is 0 Å². The Morgan fingerprint density at radius 1 is 1.09 bits per heavy atom. The second kappa shape index (κ2) is 5.73. The molecule has 2 aromatic carbocycles. The second-order valence-electron chi connectivity index (χ2n) is 6.54. The van der Waals surface area contributed by atoms with Gasteiger partial charge in [-0.15, -0.1) is 0 Å². The van der Waals surface area contributed by atoms with Crippen molar-refractivity contribution in [3.8, 4) is 0 Å². The van der Waals surface area contributed by atoms with Gasteiger partial charge in [0.25, 0.3) is 0 Å². The quantitative estimate of drug-likeness (QED) is 0.938. The van der Waals surface area contributed by atoms with Crippen molar-refractivity contribution in [2.45, 2.75) is 37.8 Å². The van der Waals surface area contributed by atoms with E-state index in [4.69, 9.17) is 0 Å². The number of carbonyl (C=O) groups excluding carboxylic acids is 1. The van der Waals surface area contributed by atoms with Gasteiger partial charge in [-0.25, -0.2) is 0 Å². The van der Waals surface area contributed by atoms with Gasteiger partial charge in [-0.1, -0.05) is 42.5 Å². The third kappa shape index (κ3) is 2.73. The maximum Gasteiger partial charge on any atom is 0.234 e. The summed E-state index contributed by atoms with van der Waals surface area (Å²) in [6.07, 6.45) is 4.62. The van der Waals surface area contributed by atoms with E-state index in [1.165, 1.54) is 22.8 Å². The first kappa shape index (κ1) is 13.8. The Kier molecular flexibility index (Phi) is 3.59. The van der Waals surface area contributed by atoms with Gasteiger partial charge in [0.15, 0.2) is 0 Å². The summed E-state index contributed by atoms with van der Waals surface area (Å²) in [5.41, 5.74) is 1.37. The molecule has 4 rings (SSSR count). The molecule has 0 spiro atoms. The lowest BCUT2D eigenvalue weighted by Crippen LogP contribution is -2.37. The molecule has 22 heavy (non-hydrogen) atoms. The van der Waals surface area contributed by atoms with Gasteiger partial charge in [0, 0.05) is 12.1 Å². The maximum absolute atomic E-state index is 12.1. The number of likely N-dealkylation sites (tertiary alicyclic amines) is 1. The highest BCUT2D eigenvalue weighted by atomic mass is 16.2. The molecule has 1 amide bonds. The van der Waals surface area contributed by atoms with Crippen LogP contribution in [-0.4, -0.2) is 29.9 Å². The molecule has 0 bridgehead atoms. The van der Waals surface area contributed by atoms with Crippen LogP contribution >= 0.6 is 0 Å². The summed E-state index contributed by atoms with van der Waals surface area (Å²) in [5.74, 6) is 0.189. The predicted octanol–water partition coefficient (Wildman–Crippen LogP) is 3.26. The Balaban J connectivity index is 1.57. The zero-order chi connectivity index (χ0) is 14.9. The number of hydrogen-bond acceptors (Lipinski definition) is 2. The van der Waals surface area contributed by atoms with E-state index < -0.39 is 0 Å². The second-order valence-corrected chi connectivity index (χ2v) is 6.54. The van der Waals surface area contributed by atoms with Crippen molar-refractivity contribution in [2.24, 2.45) is 0 Å². The molecule has 1 saturated heterocycles. The van der Waals surface area contributed by atoms with Crippen molar-refractivity contribution in [1.82, 2.24) is 10.2 Å². The topological polar surface area (TPSA) is 32.3 Å². The van der Waals surface area contributed by atoms with Crippen LogP contribution in [0.25, 0.3) is 10.8 Å². The Bertz CT molecular complexity index is 687. The minimum Gasteiger partial charge on any atom is -0.352 e. The van der Waals surface area contributed by atoms with Crippen molar-refractivity contribution in [1.29, 1.82) is 0 Å². The van der Waals surface area contributed by atoms with Gasteiger partial charge in [-0.3, -0.25) is 9.69 Å². The fourth-order valence-corrected chi connectivity index (χ4v) is 3.59. The molecule has 1 unspecified atom stereocenters. The summed E-state index contributed by atoms with van der Waals surface area (Å²) in [6.45, 7) is 1.55. The van der Waals surface area contributed by atoms with E-state index in [1.807, 2.05) is 0 Å². The first-order valence-corrected chi connectivity index (χ1v) is 8.32.